The van der Waals surface area contributed by atoms with E-state index in [0.717, 1.165) is 11.1 Å². The van der Waals surface area contributed by atoms with Crippen LogP contribution < -0.4 is 14.2 Å². The zero-order valence-corrected chi connectivity index (χ0v) is 19.6. The number of rotatable bonds is 7. The molecule has 0 unspecified atom stereocenters. The van der Waals surface area contributed by atoms with Crippen LogP contribution in [-0.4, -0.2) is 32.6 Å². The Morgan fingerprint density at radius 3 is 2.58 bits per heavy atom. The summed E-state index contributed by atoms with van der Waals surface area (Å²) in [5.41, 5.74) is 3.16. The lowest BCUT2D eigenvalue weighted by atomic mass is 10.1. The summed E-state index contributed by atoms with van der Waals surface area (Å²) in [6, 6.07) is 17.4. The highest BCUT2D eigenvalue weighted by Crippen LogP contribution is 2.33. The van der Waals surface area contributed by atoms with Crippen molar-refractivity contribution >= 4 is 21.6 Å². The van der Waals surface area contributed by atoms with Crippen LogP contribution in [0.15, 0.2) is 65.6 Å². The molecule has 0 aromatic heterocycles. The van der Waals surface area contributed by atoms with Gasteiger partial charge in [0.1, 0.15) is 0 Å². The van der Waals surface area contributed by atoms with Crippen molar-refractivity contribution in [2.75, 3.05) is 18.1 Å². The van der Waals surface area contributed by atoms with E-state index in [1.807, 2.05) is 38.1 Å². The fourth-order valence-electron chi connectivity index (χ4n) is 3.69. The number of nitrogens with one attached hydrogen (secondary N) is 1. The molecule has 33 heavy (non-hydrogen) atoms. The van der Waals surface area contributed by atoms with Gasteiger partial charge in [-0.05, 0) is 73.9 Å². The molecule has 0 fully saturated rings. The van der Waals surface area contributed by atoms with E-state index in [1.54, 1.807) is 48.2 Å². The van der Waals surface area contributed by atoms with Crippen LogP contribution in [0.5, 0.6) is 11.5 Å². The fourth-order valence-corrected chi connectivity index (χ4v) is 5.07. The number of sulfonamides is 1. The van der Waals surface area contributed by atoms with Crippen LogP contribution in [0, 0.1) is 13.8 Å². The van der Waals surface area contributed by atoms with Crippen molar-refractivity contribution in [2.24, 2.45) is 0 Å². The number of amides is 1. The number of carbonyl (C=O) groups excluding carboxylic acids is 1. The normalized spacial score (nSPS) is 12.5. The number of aryl methyl sites for hydroxylation is 2. The van der Waals surface area contributed by atoms with Crippen molar-refractivity contribution in [1.82, 2.24) is 4.90 Å². The van der Waals surface area contributed by atoms with Crippen LogP contribution in [0.25, 0.3) is 0 Å². The maximum atomic E-state index is 13.2. The number of ether oxygens (including phenoxy) is 2. The van der Waals surface area contributed by atoms with E-state index >= 15 is 0 Å². The van der Waals surface area contributed by atoms with Crippen molar-refractivity contribution < 1.29 is 22.7 Å². The molecule has 0 atom stereocenters. The van der Waals surface area contributed by atoms with Gasteiger partial charge in [0.25, 0.3) is 15.9 Å². The van der Waals surface area contributed by atoms with E-state index in [-0.39, 0.29) is 17.6 Å². The van der Waals surface area contributed by atoms with E-state index in [9.17, 15) is 13.2 Å². The van der Waals surface area contributed by atoms with Gasteiger partial charge in [-0.3, -0.25) is 9.52 Å². The van der Waals surface area contributed by atoms with Gasteiger partial charge in [0.05, 0.1) is 4.90 Å². The summed E-state index contributed by atoms with van der Waals surface area (Å²) in [6.45, 7) is 6.58. The summed E-state index contributed by atoms with van der Waals surface area (Å²) in [4.78, 5) is 15.1. The Labute approximate surface area is 194 Å². The van der Waals surface area contributed by atoms with Crippen molar-refractivity contribution in [3.05, 3.63) is 82.9 Å². The number of carbonyl (C=O) groups is 1. The molecule has 172 valence electrons. The predicted octanol–water partition coefficient (Wildman–Crippen LogP) is 4.50. The SMILES string of the molecule is CCN(Cc1ccc2c(c1)OCO2)C(=O)c1cccc(NS(=O)(=O)c2cc(C)ccc2C)c1. The smallest absolute Gasteiger partial charge is 0.262 e. The monoisotopic (exact) mass is 466 g/mol. The molecule has 0 saturated heterocycles. The second kappa shape index (κ2) is 9.15. The lowest BCUT2D eigenvalue weighted by Gasteiger charge is -2.21. The molecule has 7 nitrogen and oxygen atoms in total. The number of hydrogen-bond donors (Lipinski definition) is 1. The van der Waals surface area contributed by atoms with Gasteiger partial charge < -0.3 is 14.4 Å². The van der Waals surface area contributed by atoms with Crippen molar-refractivity contribution in [1.29, 1.82) is 0 Å². The maximum absolute atomic E-state index is 13.2. The standard InChI is InChI=1S/C25H26N2O5S/c1-4-27(15-19-10-11-22-23(13-19)32-16-31-22)25(28)20-6-5-7-21(14-20)26-33(29,30)24-12-17(2)8-9-18(24)3/h5-14,26H,4,15-16H2,1-3H3. The second-order valence-electron chi connectivity index (χ2n) is 7.96. The third-order valence-electron chi connectivity index (χ3n) is 5.47. The van der Waals surface area contributed by atoms with Gasteiger partial charge in [-0.15, -0.1) is 0 Å². The molecule has 4 rings (SSSR count). The first kappa shape index (κ1) is 22.7. The summed E-state index contributed by atoms with van der Waals surface area (Å²) >= 11 is 0. The van der Waals surface area contributed by atoms with Crippen LogP contribution >= 0.6 is 0 Å². The molecular formula is C25H26N2O5S. The largest absolute Gasteiger partial charge is 0.454 e. The minimum Gasteiger partial charge on any atom is -0.454 e. The highest BCUT2D eigenvalue weighted by Gasteiger charge is 2.20. The molecule has 3 aromatic carbocycles. The highest BCUT2D eigenvalue weighted by atomic mass is 32.2. The molecule has 0 aliphatic carbocycles. The van der Waals surface area contributed by atoms with E-state index in [1.165, 1.54) is 0 Å². The quantitative estimate of drug-likeness (QED) is 0.554. The Bertz CT molecular complexity index is 1300. The second-order valence-corrected chi connectivity index (χ2v) is 9.61. The highest BCUT2D eigenvalue weighted by molar-refractivity contribution is 7.92. The summed E-state index contributed by atoms with van der Waals surface area (Å²) in [5.74, 6) is 1.17. The van der Waals surface area contributed by atoms with Crippen LogP contribution in [0.1, 0.15) is 34.0 Å². The first-order valence-electron chi connectivity index (χ1n) is 10.6. The van der Waals surface area contributed by atoms with E-state index in [2.05, 4.69) is 4.72 Å². The Kier molecular flexibility index (Phi) is 6.29. The predicted molar refractivity (Wildman–Crippen MR) is 126 cm³/mol. The average molecular weight is 467 g/mol. The molecular weight excluding hydrogens is 440 g/mol. The lowest BCUT2D eigenvalue weighted by molar-refractivity contribution is 0.0752. The topological polar surface area (TPSA) is 84.9 Å². The number of hydrogen-bond acceptors (Lipinski definition) is 5. The summed E-state index contributed by atoms with van der Waals surface area (Å²) in [5, 5.41) is 0. The maximum Gasteiger partial charge on any atom is 0.262 e. The Balaban J connectivity index is 1.53. The summed E-state index contributed by atoms with van der Waals surface area (Å²) in [6.07, 6.45) is 0. The van der Waals surface area contributed by atoms with E-state index < -0.39 is 10.0 Å². The van der Waals surface area contributed by atoms with Gasteiger partial charge in [0.15, 0.2) is 11.5 Å². The first-order valence-corrected chi connectivity index (χ1v) is 12.1. The van der Waals surface area contributed by atoms with E-state index in [4.69, 9.17) is 9.47 Å². The van der Waals surface area contributed by atoms with Crippen molar-refractivity contribution in [2.45, 2.75) is 32.2 Å². The van der Waals surface area contributed by atoms with Gasteiger partial charge in [-0.2, -0.15) is 0 Å². The molecule has 1 aliphatic rings. The molecule has 3 aromatic rings. The lowest BCUT2D eigenvalue weighted by Crippen LogP contribution is -2.30. The zero-order chi connectivity index (χ0) is 23.6. The van der Waals surface area contributed by atoms with Gasteiger partial charge in [-0.1, -0.05) is 24.3 Å². The molecule has 0 spiro atoms. The Morgan fingerprint density at radius 1 is 1.00 bits per heavy atom. The molecule has 8 heteroatoms. The molecule has 1 N–H and O–H groups in total. The third kappa shape index (κ3) is 4.96. The molecule has 0 radical (unpaired) electrons. The number of fused-ring (bicyclic) bond motifs is 1. The minimum absolute atomic E-state index is 0.192. The molecule has 1 heterocycles. The fraction of sp³-hybridized carbons (Fsp3) is 0.240. The summed E-state index contributed by atoms with van der Waals surface area (Å²) in [7, 11) is -3.79. The van der Waals surface area contributed by atoms with Gasteiger partial charge in [0, 0.05) is 24.3 Å². The Hall–Kier alpha value is -3.52. The first-order chi connectivity index (χ1) is 15.8. The molecule has 1 aliphatic heterocycles. The third-order valence-corrected chi connectivity index (χ3v) is 7.00. The summed E-state index contributed by atoms with van der Waals surface area (Å²) < 4.78 is 39.3. The van der Waals surface area contributed by atoms with Gasteiger partial charge >= 0.3 is 0 Å². The number of nitrogens with zero attached hydrogens (tertiary/aromatic N) is 1. The van der Waals surface area contributed by atoms with Crippen LogP contribution in [0.3, 0.4) is 0 Å². The zero-order valence-electron chi connectivity index (χ0n) is 18.8. The van der Waals surface area contributed by atoms with Crippen LogP contribution in [0.2, 0.25) is 0 Å². The van der Waals surface area contributed by atoms with Crippen molar-refractivity contribution in [3.8, 4) is 11.5 Å². The minimum atomic E-state index is -3.79. The average Bonchev–Trinajstić information content (AvgIpc) is 3.26. The number of anilines is 1. The van der Waals surface area contributed by atoms with Gasteiger partial charge in [-0.25, -0.2) is 8.42 Å². The molecule has 0 bridgehead atoms. The van der Waals surface area contributed by atoms with Gasteiger partial charge in [0.2, 0.25) is 6.79 Å². The van der Waals surface area contributed by atoms with E-state index in [0.29, 0.717) is 41.4 Å². The molecule has 1 amide bonds. The van der Waals surface area contributed by atoms with Crippen LogP contribution in [0.4, 0.5) is 5.69 Å². The Morgan fingerprint density at radius 2 is 1.79 bits per heavy atom. The van der Waals surface area contributed by atoms with Crippen molar-refractivity contribution in [3.63, 3.8) is 0 Å². The molecule has 0 saturated carbocycles. The number of benzene rings is 3. The van der Waals surface area contributed by atoms with Crippen LogP contribution in [-0.2, 0) is 16.6 Å².